The van der Waals surface area contributed by atoms with Gasteiger partial charge in [-0.2, -0.15) is 13.2 Å². The zero-order valence-corrected chi connectivity index (χ0v) is 14.0. The Kier molecular flexibility index (Phi) is 5.71. The highest BCUT2D eigenvalue weighted by Crippen LogP contribution is 2.44. The lowest BCUT2D eigenvalue weighted by molar-refractivity contribution is -0.266. The number of benzene rings is 1. The normalized spacial score (nSPS) is 14.7. The maximum atomic E-state index is 13.3. The van der Waals surface area contributed by atoms with Gasteiger partial charge in [0, 0.05) is 6.42 Å². The van der Waals surface area contributed by atoms with Gasteiger partial charge in [0.1, 0.15) is 5.75 Å². The minimum atomic E-state index is -5.17. The second-order valence-electron chi connectivity index (χ2n) is 6.07. The molecule has 4 nitrogen and oxygen atoms in total. The van der Waals surface area contributed by atoms with Crippen LogP contribution in [-0.4, -0.2) is 37.1 Å². The van der Waals surface area contributed by atoms with E-state index >= 15 is 0 Å². The molecular weight excluding hydrogens is 325 g/mol. The van der Waals surface area contributed by atoms with Gasteiger partial charge in [-0.05, 0) is 22.6 Å². The molecule has 0 saturated heterocycles. The molecule has 1 atom stereocenters. The third-order valence-corrected chi connectivity index (χ3v) is 3.88. The Hall–Kier alpha value is -2.02. The number of ether oxygens (including phenoxy) is 2. The predicted molar refractivity (Wildman–Crippen MR) is 83.7 cm³/mol. The van der Waals surface area contributed by atoms with Crippen LogP contribution in [0.25, 0.3) is 6.08 Å². The summed E-state index contributed by atoms with van der Waals surface area (Å²) in [5, 5.41) is 10.0. The van der Waals surface area contributed by atoms with Crippen LogP contribution in [-0.2, 0) is 14.9 Å². The molecule has 0 fully saturated rings. The predicted octanol–water partition coefficient (Wildman–Crippen LogP) is 3.47. The Morgan fingerprint density at radius 3 is 2.29 bits per heavy atom. The molecule has 1 N–H and O–H groups in total. The van der Waals surface area contributed by atoms with Gasteiger partial charge in [-0.3, -0.25) is 0 Å². The number of hydrogen-bond donors (Lipinski definition) is 1. The second kappa shape index (κ2) is 6.84. The van der Waals surface area contributed by atoms with Crippen LogP contribution >= 0.6 is 0 Å². The molecule has 0 aromatic heterocycles. The monoisotopic (exact) mass is 346 g/mol. The number of methoxy groups -OCH3 is 2. The van der Waals surface area contributed by atoms with Crippen LogP contribution in [0.15, 0.2) is 24.8 Å². The minimum Gasteiger partial charge on any atom is -0.496 e. The lowest BCUT2D eigenvalue weighted by Crippen LogP contribution is -2.55. The maximum Gasteiger partial charge on any atom is 0.428 e. The van der Waals surface area contributed by atoms with Crippen molar-refractivity contribution >= 4 is 12.0 Å². The number of carbonyl (C=O) groups is 1. The summed E-state index contributed by atoms with van der Waals surface area (Å²) in [5.74, 6) is -1.41. The number of halogens is 3. The first kappa shape index (κ1) is 20.0. The van der Waals surface area contributed by atoms with Crippen molar-refractivity contribution in [3.05, 3.63) is 35.9 Å². The van der Waals surface area contributed by atoms with Gasteiger partial charge >= 0.3 is 12.1 Å². The number of aliphatic hydroxyl groups is 1. The van der Waals surface area contributed by atoms with Gasteiger partial charge in [0.25, 0.3) is 5.60 Å². The van der Waals surface area contributed by atoms with E-state index in [-0.39, 0.29) is 0 Å². The number of hydrogen-bond acceptors (Lipinski definition) is 4. The van der Waals surface area contributed by atoms with Gasteiger partial charge in [-0.25, -0.2) is 4.79 Å². The van der Waals surface area contributed by atoms with E-state index in [4.69, 9.17) is 4.74 Å². The van der Waals surface area contributed by atoms with Gasteiger partial charge in [0.05, 0.1) is 14.2 Å². The Balaban J connectivity index is 3.38. The van der Waals surface area contributed by atoms with Crippen LogP contribution in [0.2, 0.25) is 0 Å². The molecule has 0 amide bonds. The highest BCUT2D eigenvalue weighted by atomic mass is 19.4. The van der Waals surface area contributed by atoms with Crippen LogP contribution in [0, 0.1) is 0 Å². The summed E-state index contributed by atoms with van der Waals surface area (Å²) in [4.78, 5) is 11.6. The first-order chi connectivity index (χ1) is 10.9. The van der Waals surface area contributed by atoms with E-state index in [1.54, 1.807) is 24.3 Å². The number of esters is 1. The van der Waals surface area contributed by atoms with E-state index < -0.39 is 29.6 Å². The molecule has 0 aliphatic heterocycles. The molecule has 0 saturated carbocycles. The molecule has 1 aromatic carbocycles. The summed E-state index contributed by atoms with van der Waals surface area (Å²) >= 11 is 0. The molecular formula is C17H21F3O4. The molecule has 1 rings (SSSR count). The van der Waals surface area contributed by atoms with Crippen LogP contribution in [0.5, 0.6) is 5.75 Å². The first-order valence-electron chi connectivity index (χ1n) is 7.11. The molecule has 1 unspecified atom stereocenters. The number of alkyl halides is 3. The fourth-order valence-corrected chi connectivity index (χ4v) is 2.59. The van der Waals surface area contributed by atoms with Crippen LogP contribution in [0.1, 0.15) is 31.4 Å². The van der Waals surface area contributed by atoms with E-state index in [0.29, 0.717) is 11.3 Å². The Morgan fingerprint density at radius 2 is 1.88 bits per heavy atom. The Labute approximate surface area is 138 Å². The second-order valence-corrected chi connectivity index (χ2v) is 6.07. The van der Waals surface area contributed by atoms with Crippen molar-refractivity contribution in [1.29, 1.82) is 0 Å². The highest BCUT2D eigenvalue weighted by Gasteiger charge is 2.62. The van der Waals surface area contributed by atoms with E-state index in [9.17, 15) is 23.1 Å². The third-order valence-electron chi connectivity index (χ3n) is 3.88. The lowest BCUT2D eigenvalue weighted by Gasteiger charge is -2.36. The topological polar surface area (TPSA) is 55.8 Å². The largest absolute Gasteiger partial charge is 0.496 e. The fraction of sp³-hybridized carbons (Fsp3) is 0.471. The maximum absolute atomic E-state index is 13.3. The van der Waals surface area contributed by atoms with E-state index in [0.717, 1.165) is 12.7 Å². The van der Waals surface area contributed by atoms with Crippen molar-refractivity contribution in [2.45, 2.75) is 37.5 Å². The number of carbonyl (C=O) groups excluding carboxylic acids is 1. The third kappa shape index (κ3) is 3.72. The SMILES string of the molecule is C=Cc1ccc(C(C)(C)CC(O)(C(=O)OC)C(F)(F)F)c(OC)c1. The van der Waals surface area contributed by atoms with E-state index in [1.807, 2.05) is 0 Å². The van der Waals surface area contributed by atoms with Gasteiger partial charge in [0.15, 0.2) is 0 Å². The van der Waals surface area contributed by atoms with E-state index in [2.05, 4.69) is 11.3 Å². The standard InChI is InChI=1S/C17H21F3O4/c1-6-11-7-8-12(13(9-11)23-4)15(2,3)10-16(22,14(21)24-5)17(18,19)20/h6-9,22H,1,10H2,2-5H3. The van der Waals surface area contributed by atoms with Gasteiger partial charge < -0.3 is 14.6 Å². The minimum absolute atomic E-state index is 0.340. The zero-order valence-electron chi connectivity index (χ0n) is 14.0. The summed E-state index contributed by atoms with van der Waals surface area (Å²) < 4.78 is 49.3. The molecule has 0 aliphatic carbocycles. The molecule has 0 heterocycles. The summed E-state index contributed by atoms with van der Waals surface area (Å²) in [6.45, 7) is 6.59. The van der Waals surface area contributed by atoms with Crippen molar-refractivity contribution in [1.82, 2.24) is 0 Å². The van der Waals surface area contributed by atoms with Crippen molar-refractivity contribution in [3.63, 3.8) is 0 Å². The molecule has 0 spiro atoms. The van der Waals surface area contributed by atoms with Gasteiger partial charge in [-0.15, -0.1) is 0 Å². The summed E-state index contributed by atoms with van der Waals surface area (Å²) in [6, 6.07) is 4.87. The molecule has 0 bridgehead atoms. The van der Waals surface area contributed by atoms with Crippen molar-refractivity contribution in [2.75, 3.05) is 14.2 Å². The Morgan fingerprint density at radius 1 is 1.29 bits per heavy atom. The summed E-state index contributed by atoms with van der Waals surface area (Å²) in [5.41, 5.74) is -3.70. The quantitative estimate of drug-likeness (QED) is 0.802. The lowest BCUT2D eigenvalue weighted by atomic mass is 9.74. The fourth-order valence-electron chi connectivity index (χ4n) is 2.59. The molecule has 0 radical (unpaired) electrons. The highest BCUT2D eigenvalue weighted by molar-refractivity contribution is 5.80. The average molecular weight is 346 g/mol. The average Bonchev–Trinajstić information content (AvgIpc) is 2.51. The van der Waals surface area contributed by atoms with Crippen molar-refractivity contribution in [2.24, 2.45) is 0 Å². The van der Waals surface area contributed by atoms with E-state index in [1.165, 1.54) is 21.0 Å². The number of rotatable bonds is 6. The van der Waals surface area contributed by atoms with Crippen LogP contribution < -0.4 is 4.74 Å². The molecule has 1 aromatic rings. The van der Waals surface area contributed by atoms with Gasteiger partial charge in [0.2, 0.25) is 0 Å². The van der Waals surface area contributed by atoms with Gasteiger partial charge in [-0.1, -0.05) is 38.6 Å². The van der Waals surface area contributed by atoms with Crippen molar-refractivity contribution in [3.8, 4) is 5.75 Å². The summed E-state index contributed by atoms with van der Waals surface area (Å²) in [6.07, 6.45) is -4.52. The Bertz CT molecular complexity index is 623. The molecule has 7 heteroatoms. The summed E-state index contributed by atoms with van der Waals surface area (Å²) in [7, 11) is 2.18. The first-order valence-corrected chi connectivity index (χ1v) is 7.11. The molecule has 134 valence electrons. The zero-order chi connectivity index (χ0) is 18.8. The van der Waals surface area contributed by atoms with Crippen LogP contribution in [0.3, 0.4) is 0 Å². The van der Waals surface area contributed by atoms with Crippen LogP contribution in [0.4, 0.5) is 13.2 Å². The smallest absolute Gasteiger partial charge is 0.428 e. The van der Waals surface area contributed by atoms with Crippen molar-refractivity contribution < 1.29 is 32.5 Å². The molecule has 0 aliphatic rings. The molecule has 24 heavy (non-hydrogen) atoms.